The van der Waals surface area contributed by atoms with Crippen LogP contribution in [0, 0.1) is 5.41 Å². The summed E-state index contributed by atoms with van der Waals surface area (Å²) in [4.78, 5) is 11.4. The number of rotatable bonds is 9. The first-order chi connectivity index (χ1) is 7.98. The van der Waals surface area contributed by atoms with Crippen LogP contribution in [0.1, 0.15) is 20.8 Å². The van der Waals surface area contributed by atoms with Crippen LogP contribution in [0.2, 0.25) is 0 Å². The molecule has 0 aliphatic rings. The lowest BCUT2D eigenvalue weighted by atomic mass is 9.97. The first kappa shape index (κ1) is 16.4. The van der Waals surface area contributed by atoms with Gasteiger partial charge in [0.25, 0.3) is 0 Å². The Labute approximate surface area is 103 Å². The highest BCUT2D eigenvalue weighted by Gasteiger charge is 2.22. The van der Waals surface area contributed by atoms with Gasteiger partial charge >= 0.3 is 5.97 Å². The van der Waals surface area contributed by atoms with E-state index >= 15 is 0 Å². The second-order valence-electron chi connectivity index (χ2n) is 4.60. The van der Waals surface area contributed by atoms with Gasteiger partial charge < -0.3 is 18.9 Å². The van der Waals surface area contributed by atoms with Crippen molar-refractivity contribution in [3.8, 4) is 0 Å². The van der Waals surface area contributed by atoms with Crippen LogP contribution in [-0.4, -0.2) is 52.7 Å². The Kier molecular flexibility index (Phi) is 9.03. The fourth-order valence-corrected chi connectivity index (χ4v) is 0.874. The molecule has 0 amide bonds. The molecular weight excluding hydrogens is 224 g/mol. The van der Waals surface area contributed by atoms with Gasteiger partial charge in [0, 0.05) is 7.11 Å². The zero-order valence-corrected chi connectivity index (χ0v) is 11.3. The molecule has 0 fully saturated rings. The molecule has 0 aliphatic carbocycles. The average Bonchev–Trinajstić information content (AvgIpc) is 2.25. The number of ether oxygens (including phenoxy) is 4. The molecule has 5 heteroatoms. The molecule has 0 saturated heterocycles. The minimum Gasteiger partial charge on any atom is -0.463 e. The van der Waals surface area contributed by atoms with Gasteiger partial charge in [0.15, 0.2) is 0 Å². The summed E-state index contributed by atoms with van der Waals surface area (Å²) < 4.78 is 20.3. The highest BCUT2D eigenvalue weighted by atomic mass is 16.6. The minimum absolute atomic E-state index is 0.211. The van der Waals surface area contributed by atoms with Crippen molar-refractivity contribution in [1.82, 2.24) is 0 Å². The average molecular weight is 248 g/mol. The minimum atomic E-state index is -0.455. The van der Waals surface area contributed by atoms with E-state index in [2.05, 4.69) is 0 Å². The van der Waals surface area contributed by atoms with Crippen LogP contribution >= 0.6 is 0 Å². The van der Waals surface area contributed by atoms with Gasteiger partial charge in [-0.1, -0.05) is 0 Å². The lowest BCUT2D eigenvalue weighted by Gasteiger charge is -2.16. The van der Waals surface area contributed by atoms with E-state index in [4.69, 9.17) is 18.9 Å². The lowest BCUT2D eigenvalue weighted by Crippen LogP contribution is -2.24. The molecule has 0 aromatic heterocycles. The van der Waals surface area contributed by atoms with Crippen LogP contribution in [0.3, 0.4) is 0 Å². The predicted octanol–water partition coefficient (Wildman–Crippen LogP) is 1.26. The van der Waals surface area contributed by atoms with E-state index in [1.165, 1.54) is 0 Å². The maximum atomic E-state index is 11.4. The maximum Gasteiger partial charge on any atom is 0.311 e. The monoisotopic (exact) mass is 248 g/mol. The molecule has 0 unspecified atom stereocenters. The van der Waals surface area contributed by atoms with Gasteiger partial charge in [0.05, 0.1) is 38.4 Å². The topological polar surface area (TPSA) is 54.0 Å². The van der Waals surface area contributed by atoms with Gasteiger partial charge in [-0.2, -0.15) is 0 Å². The summed E-state index contributed by atoms with van der Waals surface area (Å²) in [5, 5.41) is 0. The Morgan fingerprint density at radius 1 is 0.882 bits per heavy atom. The van der Waals surface area contributed by atoms with Gasteiger partial charge in [0.1, 0.15) is 6.61 Å². The Morgan fingerprint density at radius 3 is 1.82 bits per heavy atom. The normalized spacial score (nSPS) is 11.5. The fourth-order valence-electron chi connectivity index (χ4n) is 0.874. The van der Waals surface area contributed by atoms with Crippen molar-refractivity contribution in [2.45, 2.75) is 20.8 Å². The van der Waals surface area contributed by atoms with E-state index < -0.39 is 5.41 Å². The molecule has 0 aromatic carbocycles. The second kappa shape index (κ2) is 9.39. The predicted molar refractivity (Wildman–Crippen MR) is 63.9 cm³/mol. The van der Waals surface area contributed by atoms with Crippen molar-refractivity contribution in [2.24, 2.45) is 5.41 Å². The molecule has 0 bridgehead atoms. The van der Waals surface area contributed by atoms with E-state index in [-0.39, 0.29) is 12.6 Å². The van der Waals surface area contributed by atoms with Crippen molar-refractivity contribution in [2.75, 3.05) is 46.8 Å². The molecule has 0 aliphatic heterocycles. The number of carbonyl (C=O) groups excluding carboxylic acids is 1. The fraction of sp³-hybridized carbons (Fsp3) is 0.917. The molecule has 0 saturated carbocycles. The van der Waals surface area contributed by atoms with Gasteiger partial charge in [-0.25, -0.2) is 0 Å². The van der Waals surface area contributed by atoms with Gasteiger partial charge in [-0.15, -0.1) is 0 Å². The van der Waals surface area contributed by atoms with E-state index in [0.29, 0.717) is 33.0 Å². The Hall–Kier alpha value is -0.650. The SMILES string of the molecule is COCCOCCOCCOC(=O)C(C)(C)C. The Bertz CT molecular complexity index is 198. The molecule has 0 rings (SSSR count). The standard InChI is InChI=1S/C12H24O5/c1-12(2,3)11(13)17-10-9-16-8-7-15-6-5-14-4/h5-10H2,1-4H3. The van der Waals surface area contributed by atoms with Crippen LogP contribution in [0.4, 0.5) is 0 Å². The third-order valence-electron chi connectivity index (χ3n) is 1.88. The molecule has 0 atom stereocenters. The maximum absolute atomic E-state index is 11.4. The summed E-state index contributed by atoms with van der Waals surface area (Å²) in [6.07, 6.45) is 0. The number of esters is 1. The number of hydrogen-bond donors (Lipinski definition) is 0. The molecule has 17 heavy (non-hydrogen) atoms. The summed E-state index contributed by atoms with van der Waals surface area (Å²) in [6, 6.07) is 0. The molecule has 0 heterocycles. The smallest absolute Gasteiger partial charge is 0.311 e. The number of hydrogen-bond acceptors (Lipinski definition) is 5. The van der Waals surface area contributed by atoms with E-state index in [9.17, 15) is 4.79 Å². The summed E-state index contributed by atoms with van der Waals surface area (Å²) >= 11 is 0. The van der Waals surface area contributed by atoms with Crippen LogP contribution in [0.15, 0.2) is 0 Å². The Morgan fingerprint density at radius 2 is 1.35 bits per heavy atom. The largest absolute Gasteiger partial charge is 0.463 e. The van der Waals surface area contributed by atoms with Gasteiger partial charge in [-0.3, -0.25) is 4.79 Å². The van der Waals surface area contributed by atoms with Crippen molar-refractivity contribution >= 4 is 5.97 Å². The van der Waals surface area contributed by atoms with E-state index in [1.807, 2.05) is 20.8 Å². The first-order valence-corrected chi connectivity index (χ1v) is 5.80. The summed E-state index contributed by atoms with van der Waals surface area (Å²) in [5.41, 5.74) is -0.455. The summed E-state index contributed by atoms with van der Waals surface area (Å²) in [5.74, 6) is -0.211. The van der Waals surface area contributed by atoms with E-state index in [0.717, 1.165) is 0 Å². The van der Waals surface area contributed by atoms with Crippen molar-refractivity contribution < 1.29 is 23.7 Å². The third-order valence-corrected chi connectivity index (χ3v) is 1.88. The molecule has 0 aromatic rings. The van der Waals surface area contributed by atoms with Crippen molar-refractivity contribution in [1.29, 1.82) is 0 Å². The molecule has 0 radical (unpaired) electrons. The van der Waals surface area contributed by atoms with Crippen LogP contribution in [-0.2, 0) is 23.7 Å². The zero-order chi connectivity index (χ0) is 13.1. The van der Waals surface area contributed by atoms with Crippen molar-refractivity contribution in [3.63, 3.8) is 0 Å². The zero-order valence-electron chi connectivity index (χ0n) is 11.3. The number of methoxy groups -OCH3 is 1. The van der Waals surface area contributed by atoms with Gasteiger partial charge in [-0.05, 0) is 20.8 Å². The third kappa shape index (κ3) is 10.2. The highest BCUT2D eigenvalue weighted by Crippen LogP contribution is 2.14. The summed E-state index contributed by atoms with van der Waals surface area (Å²) in [6.45, 7) is 8.32. The highest BCUT2D eigenvalue weighted by molar-refractivity contribution is 5.75. The van der Waals surface area contributed by atoms with Crippen LogP contribution < -0.4 is 0 Å². The molecule has 0 spiro atoms. The lowest BCUT2D eigenvalue weighted by molar-refractivity contribution is -0.154. The van der Waals surface area contributed by atoms with Gasteiger partial charge in [0.2, 0.25) is 0 Å². The molecule has 102 valence electrons. The second-order valence-corrected chi connectivity index (χ2v) is 4.60. The molecular formula is C12H24O5. The number of carbonyl (C=O) groups is 1. The first-order valence-electron chi connectivity index (χ1n) is 5.80. The Balaban J connectivity index is 3.22. The quantitative estimate of drug-likeness (QED) is 0.454. The van der Waals surface area contributed by atoms with E-state index in [1.54, 1.807) is 7.11 Å². The van der Waals surface area contributed by atoms with Crippen molar-refractivity contribution in [3.05, 3.63) is 0 Å². The van der Waals surface area contributed by atoms with Crippen LogP contribution in [0.25, 0.3) is 0 Å². The summed E-state index contributed by atoms with van der Waals surface area (Å²) in [7, 11) is 1.63. The van der Waals surface area contributed by atoms with Crippen LogP contribution in [0.5, 0.6) is 0 Å². The molecule has 5 nitrogen and oxygen atoms in total. The molecule has 0 N–H and O–H groups in total.